The largest absolute Gasteiger partial charge is 0.480 e. The maximum Gasteiger partial charge on any atom is 0.326 e. The van der Waals surface area contributed by atoms with Gasteiger partial charge in [0.15, 0.2) is 0 Å². The number of carbonyl (C=O) groups is 2. The number of aliphatic carboxylic acids is 1. The average molecular weight is 301 g/mol. The molecule has 2 aromatic rings. The van der Waals surface area contributed by atoms with Crippen molar-refractivity contribution in [1.29, 1.82) is 0 Å². The number of amides is 1. The topological polar surface area (TPSA) is 75.4 Å². The van der Waals surface area contributed by atoms with Crippen molar-refractivity contribution in [2.24, 2.45) is 0 Å². The molecule has 116 valence electrons. The quantitative estimate of drug-likeness (QED) is 0.885. The lowest BCUT2D eigenvalue weighted by Crippen LogP contribution is -2.45. The van der Waals surface area contributed by atoms with Crippen LogP contribution in [0.5, 0.6) is 0 Å². The number of carboxylic acid groups (broad SMARTS) is 1. The van der Waals surface area contributed by atoms with E-state index >= 15 is 0 Å². The minimum atomic E-state index is -1.03. The second-order valence-corrected chi connectivity index (χ2v) is 5.13. The summed E-state index contributed by atoms with van der Waals surface area (Å²) in [5.41, 5.74) is 0.886. The van der Waals surface area contributed by atoms with E-state index in [2.05, 4.69) is 5.10 Å². The van der Waals surface area contributed by atoms with Gasteiger partial charge in [-0.15, -0.1) is 0 Å². The van der Waals surface area contributed by atoms with E-state index in [9.17, 15) is 14.7 Å². The zero-order valence-electron chi connectivity index (χ0n) is 12.6. The van der Waals surface area contributed by atoms with Gasteiger partial charge in [0.25, 0.3) is 0 Å². The second-order valence-electron chi connectivity index (χ2n) is 5.13. The summed E-state index contributed by atoms with van der Waals surface area (Å²) in [6.45, 7) is 3.47. The minimum Gasteiger partial charge on any atom is -0.480 e. The third-order valence-electron chi connectivity index (χ3n) is 3.58. The number of nitrogens with zero attached hydrogens (tertiary/aromatic N) is 3. The van der Waals surface area contributed by atoms with Crippen LogP contribution in [0.4, 0.5) is 0 Å². The molecule has 1 N–H and O–H groups in total. The Morgan fingerprint density at radius 3 is 2.45 bits per heavy atom. The van der Waals surface area contributed by atoms with E-state index in [-0.39, 0.29) is 12.5 Å². The Morgan fingerprint density at radius 2 is 1.91 bits per heavy atom. The fourth-order valence-electron chi connectivity index (χ4n) is 2.18. The van der Waals surface area contributed by atoms with Gasteiger partial charge in [0.05, 0.1) is 0 Å². The van der Waals surface area contributed by atoms with Gasteiger partial charge in [-0.05, 0) is 25.5 Å². The first-order chi connectivity index (χ1) is 10.5. The Labute approximate surface area is 129 Å². The first kappa shape index (κ1) is 15.8. The molecule has 2 unspecified atom stereocenters. The summed E-state index contributed by atoms with van der Waals surface area (Å²) in [5, 5.41) is 13.3. The maximum absolute atomic E-state index is 12.7. The number of rotatable bonds is 6. The van der Waals surface area contributed by atoms with Gasteiger partial charge >= 0.3 is 5.97 Å². The van der Waals surface area contributed by atoms with E-state index in [1.165, 1.54) is 16.5 Å². The monoisotopic (exact) mass is 301 g/mol. The van der Waals surface area contributed by atoms with E-state index in [0.717, 1.165) is 5.56 Å². The number of benzene rings is 1. The number of aromatic nitrogens is 2. The highest BCUT2D eigenvalue weighted by atomic mass is 16.4. The Balaban J connectivity index is 2.24. The van der Waals surface area contributed by atoms with Crippen LogP contribution in [0.1, 0.15) is 25.5 Å². The maximum atomic E-state index is 12.7. The van der Waals surface area contributed by atoms with Crippen LogP contribution in [0.3, 0.4) is 0 Å². The minimum absolute atomic E-state index is 0.249. The fraction of sp³-hybridized carbons (Fsp3) is 0.312. The van der Waals surface area contributed by atoms with Crippen LogP contribution >= 0.6 is 0 Å². The van der Waals surface area contributed by atoms with E-state index < -0.39 is 18.1 Å². The van der Waals surface area contributed by atoms with Gasteiger partial charge in [0.1, 0.15) is 12.1 Å². The first-order valence-electron chi connectivity index (χ1n) is 7.07. The van der Waals surface area contributed by atoms with Crippen molar-refractivity contribution < 1.29 is 14.7 Å². The predicted molar refractivity (Wildman–Crippen MR) is 81.0 cm³/mol. The van der Waals surface area contributed by atoms with Gasteiger partial charge in [-0.2, -0.15) is 5.10 Å². The molecule has 0 spiro atoms. The molecule has 0 radical (unpaired) electrons. The zero-order chi connectivity index (χ0) is 16.1. The summed E-state index contributed by atoms with van der Waals surface area (Å²) in [6, 6.07) is 9.60. The lowest BCUT2D eigenvalue weighted by atomic mass is 10.1. The van der Waals surface area contributed by atoms with Gasteiger partial charge in [-0.3, -0.25) is 9.48 Å². The molecule has 1 aromatic heterocycles. The van der Waals surface area contributed by atoms with Crippen molar-refractivity contribution in [2.75, 3.05) is 0 Å². The highest BCUT2D eigenvalue weighted by molar-refractivity contribution is 5.85. The number of carboxylic acids is 1. The Kier molecular flexibility index (Phi) is 4.93. The van der Waals surface area contributed by atoms with Gasteiger partial charge in [0, 0.05) is 18.9 Å². The molecular formula is C16H19N3O3. The molecule has 0 saturated carbocycles. The van der Waals surface area contributed by atoms with Crippen LogP contribution in [0.15, 0.2) is 48.8 Å². The van der Waals surface area contributed by atoms with Gasteiger partial charge in [0.2, 0.25) is 5.91 Å². The highest BCUT2D eigenvalue weighted by Crippen LogP contribution is 2.15. The molecule has 1 heterocycles. The van der Waals surface area contributed by atoms with Crippen LogP contribution in [0.2, 0.25) is 0 Å². The highest BCUT2D eigenvalue weighted by Gasteiger charge is 2.29. The van der Waals surface area contributed by atoms with Gasteiger partial charge in [-0.1, -0.05) is 30.3 Å². The summed E-state index contributed by atoms with van der Waals surface area (Å²) in [4.78, 5) is 25.4. The molecule has 2 atom stereocenters. The molecule has 0 aliphatic carbocycles. The van der Waals surface area contributed by atoms with E-state index in [1.807, 2.05) is 30.3 Å². The molecule has 0 saturated heterocycles. The molecule has 6 nitrogen and oxygen atoms in total. The molecule has 2 rings (SSSR count). The molecule has 1 aromatic carbocycles. The van der Waals surface area contributed by atoms with Crippen LogP contribution in [-0.2, 0) is 16.1 Å². The number of hydrogen-bond acceptors (Lipinski definition) is 3. The molecule has 0 aliphatic heterocycles. The third-order valence-corrected chi connectivity index (χ3v) is 3.58. The van der Waals surface area contributed by atoms with E-state index in [0.29, 0.717) is 0 Å². The van der Waals surface area contributed by atoms with Crippen molar-refractivity contribution >= 4 is 11.9 Å². The molecular weight excluding hydrogens is 282 g/mol. The van der Waals surface area contributed by atoms with E-state index in [4.69, 9.17) is 0 Å². The molecule has 6 heteroatoms. The Bertz CT molecular complexity index is 625. The molecule has 0 aliphatic rings. The Hall–Kier alpha value is -2.63. The normalized spacial score (nSPS) is 13.4. The lowest BCUT2D eigenvalue weighted by Gasteiger charge is -2.29. The van der Waals surface area contributed by atoms with Crippen LogP contribution in [0, 0.1) is 0 Å². The van der Waals surface area contributed by atoms with Crippen molar-refractivity contribution in [3.63, 3.8) is 0 Å². The van der Waals surface area contributed by atoms with Crippen LogP contribution in [0.25, 0.3) is 0 Å². The van der Waals surface area contributed by atoms with Crippen molar-refractivity contribution in [1.82, 2.24) is 14.7 Å². The summed E-state index contributed by atoms with van der Waals surface area (Å²) < 4.78 is 1.52. The van der Waals surface area contributed by atoms with Gasteiger partial charge in [-0.25, -0.2) is 4.79 Å². The standard InChI is InChI=1S/C16H19N3O3/c1-12(19-10-6-9-17-19)15(20)18(13(2)16(21)22)11-14-7-4-3-5-8-14/h3-10,12-13H,11H2,1-2H3,(H,21,22). The van der Waals surface area contributed by atoms with Crippen molar-refractivity contribution in [3.8, 4) is 0 Å². The van der Waals surface area contributed by atoms with Gasteiger partial charge < -0.3 is 10.0 Å². The summed E-state index contributed by atoms with van der Waals surface area (Å²) >= 11 is 0. The average Bonchev–Trinajstić information content (AvgIpc) is 3.06. The summed E-state index contributed by atoms with van der Waals surface area (Å²) in [7, 11) is 0. The number of hydrogen-bond donors (Lipinski definition) is 1. The number of carbonyl (C=O) groups excluding carboxylic acids is 1. The van der Waals surface area contributed by atoms with Crippen molar-refractivity contribution in [2.45, 2.75) is 32.5 Å². The fourth-order valence-corrected chi connectivity index (χ4v) is 2.18. The molecule has 22 heavy (non-hydrogen) atoms. The molecule has 0 bridgehead atoms. The van der Waals surface area contributed by atoms with E-state index in [1.54, 1.807) is 25.4 Å². The summed E-state index contributed by atoms with van der Waals surface area (Å²) in [5.74, 6) is -1.31. The smallest absolute Gasteiger partial charge is 0.326 e. The Morgan fingerprint density at radius 1 is 1.23 bits per heavy atom. The predicted octanol–water partition coefficient (Wildman–Crippen LogP) is 1.95. The first-order valence-corrected chi connectivity index (χ1v) is 7.07. The SMILES string of the molecule is CC(C(=O)O)N(Cc1ccccc1)C(=O)C(C)n1cccn1. The lowest BCUT2D eigenvalue weighted by molar-refractivity contribution is -0.151. The summed E-state index contributed by atoms with van der Waals surface area (Å²) in [6.07, 6.45) is 3.28. The zero-order valence-corrected chi connectivity index (χ0v) is 12.6. The molecule has 1 amide bonds. The molecule has 0 fully saturated rings. The van der Waals surface area contributed by atoms with Crippen LogP contribution < -0.4 is 0 Å². The van der Waals surface area contributed by atoms with Crippen molar-refractivity contribution in [3.05, 3.63) is 54.4 Å². The van der Waals surface area contributed by atoms with Crippen LogP contribution in [-0.4, -0.2) is 37.7 Å². The third kappa shape index (κ3) is 3.52. The second kappa shape index (κ2) is 6.89.